The number of methoxy groups -OCH3 is 1. The predicted molar refractivity (Wildman–Crippen MR) is 77.2 cm³/mol. The van der Waals surface area contributed by atoms with Crippen LogP contribution in [0.3, 0.4) is 0 Å². The van der Waals surface area contributed by atoms with Crippen LogP contribution in [0.2, 0.25) is 5.02 Å². The van der Waals surface area contributed by atoms with E-state index in [9.17, 15) is 4.79 Å². The fourth-order valence-corrected chi connectivity index (χ4v) is 1.86. The maximum atomic E-state index is 11.1. The highest BCUT2D eigenvalue weighted by Gasteiger charge is 2.11. The number of anilines is 1. The van der Waals surface area contributed by atoms with Gasteiger partial charge in [-0.3, -0.25) is 4.79 Å². The number of benzene rings is 1. The van der Waals surface area contributed by atoms with Gasteiger partial charge in [-0.1, -0.05) is 23.8 Å². The summed E-state index contributed by atoms with van der Waals surface area (Å²) in [6.45, 7) is 0.518. The molecule has 2 N–H and O–H groups in total. The zero-order chi connectivity index (χ0) is 13.7. The molecule has 18 heavy (non-hydrogen) atoms. The second-order valence-electron chi connectivity index (χ2n) is 3.77. The van der Waals surface area contributed by atoms with Gasteiger partial charge >= 0.3 is 5.97 Å². The van der Waals surface area contributed by atoms with Crippen LogP contribution in [0.5, 0.6) is 0 Å². The summed E-state index contributed by atoms with van der Waals surface area (Å²) in [7, 11) is 3.22. The fraction of sp³-hybridized carbons (Fsp3) is 0.333. The van der Waals surface area contributed by atoms with E-state index in [2.05, 4.69) is 4.74 Å². The van der Waals surface area contributed by atoms with E-state index in [1.54, 1.807) is 12.1 Å². The number of nitrogens with two attached hydrogens (primary N) is 1. The van der Waals surface area contributed by atoms with Gasteiger partial charge in [-0.05, 0) is 18.2 Å². The monoisotopic (exact) mass is 286 g/mol. The number of nitrogens with zero attached hydrogens (tertiary/aromatic N) is 1. The van der Waals surface area contributed by atoms with Gasteiger partial charge in [-0.25, -0.2) is 0 Å². The lowest BCUT2D eigenvalue weighted by Crippen LogP contribution is -2.24. The summed E-state index contributed by atoms with van der Waals surface area (Å²) < 4.78 is 4.60. The van der Waals surface area contributed by atoms with E-state index in [1.807, 2.05) is 18.0 Å². The zero-order valence-corrected chi connectivity index (χ0v) is 11.8. The first-order valence-corrected chi connectivity index (χ1v) is 6.11. The summed E-state index contributed by atoms with van der Waals surface area (Å²) in [5.74, 6) is -0.257. The van der Waals surface area contributed by atoms with E-state index < -0.39 is 0 Å². The average Bonchev–Trinajstić information content (AvgIpc) is 2.35. The molecule has 0 aromatic heterocycles. The third-order valence-electron chi connectivity index (χ3n) is 2.51. The molecule has 0 spiro atoms. The Morgan fingerprint density at radius 1 is 1.56 bits per heavy atom. The normalized spacial score (nSPS) is 9.94. The number of ether oxygens (including phenoxy) is 1. The molecule has 0 unspecified atom stereocenters. The molecular weight excluding hydrogens is 272 g/mol. The first-order valence-electron chi connectivity index (χ1n) is 5.33. The SMILES string of the molecule is COC(=O)CCN(C)c1ccc(Cl)cc1C(N)=S. The van der Waals surface area contributed by atoms with Gasteiger partial charge < -0.3 is 15.4 Å². The Labute approximate surface area is 117 Å². The Bertz CT molecular complexity index is 465. The van der Waals surface area contributed by atoms with E-state index in [4.69, 9.17) is 29.6 Å². The lowest BCUT2D eigenvalue weighted by Gasteiger charge is -2.21. The Balaban J connectivity index is 2.88. The topological polar surface area (TPSA) is 55.6 Å². The second kappa shape index (κ2) is 6.56. The summed E-state index contributed by atoms with van der Waals surface area (Å²) in [5, 5.41) is 0.572. The maximum absolute atomic E-state index is 11.1. The molecular formula is C12H15ClN2O2S. The summed E-state index contributed by atoms with van der Waals surface area (Å²) in [6, 6.07) is 5.30. The van der Waals surface area contributed by atoms with Crippen molar-refractivity contribution in [3.63, 3.8) is 0 Å². The molecule has 0 saturated heterocycles. The van der Waals surface area contributed by atoms with Gasteiger partial charge in [0.05, 0.1) is 13.5 Å². The zero-order valence-electron chi connectivity index (χ0n) is 10.3. The van der Waals surface area contributed by atoms with Crippen molar-refractivity contribution in [2.24, 2.45) is 5.73 Å². The van der Waals surface area contributed by atoms with Crippen molar-refractivity contribution in [3.05, 3.63) is 28.8 Å². The highest BCUT2D eigenvalue weighted by Crippen LogP contribution is 2.23. The van der Waals surface area contributed by atoms with Crippen LogP contribution in [0, 0.1) is 0 Å². The van der Waals surface area contributed by atoms with Gasteiger partial charge in [0.25, 0.3) is 0 Å². The fourth-order valence-electron chi connectivity index (χ4n) is 1.52. The average molecular weight is 287 g/mol. The van der Waals surface area contributed by atoms with E-state index in [0.717, 1.165) is 5.69 Å². The quantitative estimate of drug-likeness (QED) is 0.662. The van der Waals surface area contributed by atoms with Crippen molar-refractivity contribution in [1.82, 2.24) is 0 Å². The third kappa shape index (κ3) is 3.85. The van der Waals surface area contributed by atoms with E-state index >= 15 is 0 Å². The minimum Gasteiger partial charge on any atom is -0.469 e. The molecule has 1 aromatic carbocycles. The molecule has 0 fully saturated rings. The number of hydrogen-bond acceptors (Lipinski definition) is 4. The molecule has 6 heteroatoms. The molecule has 0 aliphatic carbocycles. The first-order chi connectivity index (χ1) is 8.45. The van der Waals surface area contributed by atoms with E-state index in [1.165, 1.54) is 7.11 Å². The van der Waals surface area contributed by atoms with Crippen molar-refractivity contribution in [2.45, 2.75) is 6.42 Å². The summed E-state index contributed by atoms with van der Waals surface area (Å²) in [6.07, 6.45) is 0.298. The van der Waals surface area contributed by atoms with Gasteiger partial charge in [0.15, 0.2) is 0 Å². The van der Waals surface area contributed by atoms with Gasteiger partial charge in [-0.15, -0.1) is 0 Å². The van der Waals surface area contributed by atoms with Crippen LogP contribution in [-0.2, 0) is 9.53 Å². The molecule has 0 heterocycles. The van der Waals surface area contributed by atoms with Crippen molar-refractivity contribution in [3.8, 4) is 0 Å². The Hall–Kier alpha value is -1.33. The molecule has 1 aromatic rings. The Morgan fingerprint density at radius 2 is 2.22 bits per heavy atom. The molecule has 0 atom stereocenters. The smallest absolute Gasteiger partial charge is 0.307 e. The maximum Gasteiger partial charge on any atom is 0.307 e. The number of halogens is 1. The van der Waals surface area contributed by atoms with Crippen LogP contribution in [-0.4, -0.2) is 31.7 Å². The summed E-state index contributed by atoms with van der Waals surface area (Å²) in [4.78, 5) is 13.3. The molecule has 4 nitrogen and oxygen atoms in total. The molecule has 0 aliphatic heterocycles. The predicted octanol–water partition coefficient (Wildman–Crippen LogP) is 1.97. The van der Waals surface area contributed by atoms with Gasteiger partial charge in [-0.2, -0.15) is 0 Å². The molecule has 0 aliphatic rings. The van der Waals surface area contributed by atoms with Gasteiger partial charge in [0.2, 0.25) is 0 Å². The van der Waals surface area contributed by atoms with Crippen molar-refractivity contribution < 1.29 is 9.53 Å². The number of rotatable bonds is 5. The van der Waals surface area contributed by atoms with Crippen molar-refractivity contribution in [2.75, 3.05) is 25.6 Å². The minimum atomic E-state index is -0.257. The number of esters is 1. The highest BCUT2D eigenvalue weighted by atomic mass is 35.5. The third-order valence-corrected chi connectivity index (χ3v) is 2.97. The van der Waals surface area contributed by atoms with E-state index in [0.29, 0.717) is 23.6 Å². The molecule has 0 radical (unpaired) electrons. The lowest BCUT2D eigenvalue weighted by atomic mass is 10.1. The van der Waals surface area contributed by atoms with Crippen LogP contribution >= 0.6 is 23.8 Å². The highest BCUT2D eigenvalue weighted by molar-refractivity contribution is 7.80. The summed E-state index contributed by atoms with van der Waals surface area (Å²) in [5.41, 5.74) is 7.20. The number of thiocarbonyl (C=S) groups is 1. The molecule has 0 saturated carbocycles. The largest absolute Gasteiger partial charge is 0.469 e. The minimum absolute atomic E-state index is 0.257. The standard InChI is InChI=1S/C12H15ClN2O2S/c1-15(6-5-11(16)17-2)10-4-3-8(13)7-9(10)12(14)18/h3-4,7H,5-6H2,1-2H3,(H2,14,18). The Morgan fingerprint density at radius 3 is 2.78 bits per heavy atom. The first kappa shape index (κ1) is 14.7. The number of hydrogen-bond donors (Lipinski definition) is 1. The van der Waals surface area contributed by atoms with Gasteiger partial charge in [0, 0.05) is 29.9 Å². The Kier molecular flexibility index (Phi) is 5.37. The van der Waals surface area contributed by atoms with Crippen LogP contribution in [0.25, 0.3) is 0 Å². The molecule has 0 amide bonds. The van der Waals surface area contributed by atoms with Crippen LogP contribution in [0.15, 0.2) is 18.2 Å². The van der Waals surface area contributed by atoms with Crippen LogP contribution in [0.1, 0.15) is 12.0 Å². The molecule has 0 bridgehead atoms. The van der Waals surface area contributed by atoms with Crippen molar-refractivity contribution >= 4 is 40.5 Å². The lowest BCUT2D eigenvalue weighted by molar-refractivity contribution is -0.140. The van der Waals surface area contributed by atoms with Crippen LogP contribution in [0.4, 0.5) is 5.69 Å². The van der Waals surface area contributed by atoms with Crippen molar-refractivity contribution in [1.29, 1.82) is 0 Å². The number of carbonyl (C=O) groups is 1. The number of carbonyl (C=O) groups excluding carboxylic acids is 1. The van der Waals surface area contributed by atoms with Crippen LogP contribution < -0.4 is 10.6 Å². The van der Waals surface area contributed by atoms with Gasteiger partial charge in [0.1, 0.15) is 4.99 Å². The molecule has 98 valence electrons. The summed E-state index contributed by atoms with van der Waals surface area (Å²) >= 11 is 10.9. The molecule has 1 rings (SSSR count). The second-order valence-corrected chi connectivity index (χ2v) is 4.65. The van der Waals surface area contributed by atoms with E-state index in [-0.39, 0.29) is 11.0 Å².